The first-order chi connectivity index (χ1) is 8.25. The Bertz CT molecular complexity index is 482. The molecule has 1 amide bonds. The molecule has 0 bridgehead atoms. The molecule has 3 nitrogen and oxygen atoms in total. The zero-order valence-corrected chi connectivity index (χ0v) is 11.4. The van der Waals surface area contributed by atoms with Gasteiger partial charge in [0.25, 0.3) is 5.91 Å². The number of rotatable bonds is 4. The van der Waals surface area contributed by atoms with Crippen LogP contribution in [0.3, 0.4) is 0 Å². The van der Waals surface area contributed by atoms with Gasteiger partial charge >= 0.3 is 0 Å². The normalized spacial score (nSPS) is 10.2. The van der Waals surface area contributed by atoms with Crippen molar-refractivity contribution in [1.29, 1.82) is 0 Å². The average Bonchev–Trinajstić information content (AvgIpc) is 2.83. The second kappa shape index (κ2) is 5.93. The smallest absolute Gasteiger partial charge is 0.251 e. The summed E-state index contributed by atoms with van der Waals surface area (Å²) in [5.74, 6) is -0.0398. The number of halogens is 1. The van der Waals surface area contributed by atoms with Gasteiger partial charge in [-0.05, 0) is 24.3 Å². The Labute approximate surface area is 112 Å². The molecule has 1 aromatic carbocycles. The molecule has 1 N–H and O–H groups in total. The Kier molecular flexibility index (Phi) is 4.28. The molecular weight excluding hydrogens is 300 g/mol. The summed E-state index contributed by atoms with van der Waals surface area (Å²) in [6.07, 6.45) is 2.66. The van der Waals surface area contributed by atoms with E-state index in [1.54, 1.807) is 29.0 Å². The van der Waals surface area contributed by atoms with E-state index < -0.39 is 0 Å². The van der Waals surface area contributed by atoms with Crippen LogP contribution in [0.15, 0.2) is 40.4 Å². The fraction of sp³-hybridized carbons (Fsp3) is 0.167. The molecule has 0 aliphatic rings. The van der Waals surface area contributed by atoms with Crippen LogP contribution in [0.5, 0.6) is 0 Å². The van der Waals surface area contributed by atoms with Crippen LogP contribution in [0.25, 0.3) is 0 Å². The molecule has 0 unspecified atom stereocenters. The maximum Gasteiger partial charge on any atom is 0.251 e. The van der Waals surface area contributed by atoms with Crippen molar-refractivity contribution in [2.24, 2.45) is 0 Å². The fourth-order valence-electron chi connectivity index (χ4n) is 1.37. The number of hydrogen-bond donors (Lipinski definition) is 1. The number of benzene rings is 1. The van der Waals surface area contributed by atoms with Crippen LogP contribution < -0.4 is 5.32 Å². The predicted molar refractivity (Wildman–Crippen MR) is 72.3 cm³/mol. The zero-order chi connectivity index (χ0) is 12.1. The summed E-state index contributed by atoms with van der Waals surface area (Å²) < 4.78 is 0.971. The third-order valence-corrected chi connectivity index (χ3v) is 3.61. The van der Waals surface area contributed by atoms with Gasteiger partial charge in [-0.25, -0.2) is 0 Å². The van der Waals surface area contributed by atoms with Crippen LogP contribution in [0.2, 0.25) is 0 Å². The van der Waals surface area contributed by atoms with Crippen molar-refractivity contribution >= 4 is 33.2 Å². The van der Waals surface area contributed by atoms with Gasteiger partial charge < -0.3 is 5.32 Å². The largest absolute Gasteiger partial charge is 0.352 e. The summed E-state index contributed by atoms with van der Waals surface area (Å²) in [4.78, 5) is 16.9. The topological polar surface area (TPSA) is 42.0 Å². The fourth-order valence-corrected chi connectivity index (χ4v) is 2.23. The lowest BCUT2D eigenvalue weighted by molar-refractivity contribution is 0.0954. The molecular formula is C12H11BrN2OS. The van der Waals surface area contributed by atoms with Crippen molar-refractivity contribution in [2.75, 3.05) is 6.54 Å². The van der Waals surface area contributed by atoms with Gasteiger partial charge in [0.05, 0.1) is 5.51 Å². The number of carbonyl (C=O) groups is 1. The second-order valence-electron chi connectivity index (χ2n) is 3.48. The highest BCUT2D eigenvalue weighted by Gasteiger charge is 2.04. The van der Waals surface area contributed by atoms with Crippen LogP contribution in [0.4, 0.5) is 0 Å². The lowest BCUT2D eigenvalue weighted by Gasteiger charge is -2.04. The summed E-state index contributed by atoms with van der Waals surface area (Å²) in [7, 11) is 0. The van der Waals surface area contributed by atoms with Crippen molar-refractivity contribution in [1.82, 2.24) is 10.3 Å². The molecule has 1 aromatic heterocycles. The molecule has 0 spiro atoms. The van der Waals surface area contributed by atoms with Gasteiger partial charge in [0.15, 0.2) is 0 Å². The van der Waals surface area contributed by atoms with E-state index in [2.05, 4.69) is 26.2 Å². The zero-order valence-electron chi connectivity index (χ0n) is 9.02. The summed E-state index contributed by atoms with van der Waals surface area (Å²) in [6.45, 7) is 0.636. The van der Waals surface area contributed by atoms with Crippen molar-refractivity contribution < 1.29 is 4.79 Å². The maximum absolute atomic E-state index is 11.7. The molecule has 2 rings (SSSR count). The van der Waals surface area contributed by atoms with E-state index in [1.165, 1.54) is 4.88 Å². The highest BCUT2D eigenvalue weighted by Crippen LogP contribution is 2.10. The summed E-state index contributed by atoms with van der Waals surface area (Å²) in [5.41, 5.74) is 2.48. The first-order valence-electron chi connectivity index (χ1n) is 5.17. The summed E-state index contributed by atoms with van der Waals surface area (Å²) >= 11 is 4.94. The Morgan fingerprint density at radius 3 is 2.76 bits per heavy atom. The van der Waals surface area contributed by atoms with E-state index in [1.807, 2.05) is 18.3 Å². The summed E-state index contributed by atoms with van der Waals surface area (Å²) in [5, 5.41) is 2.88. The minimum absolute atomic E-state index is 0.0398. The van der Waals surface area contributed by atoms with Gasteiger partial charge in [0.2, 0.25) is 0 Å². The predicted octanol–water partition coefficient (Wildman–Crippen LogP) is 2.88. The highest BCUT2D eigenvalue weighted by atomic mass is 79.9. The third-order valence-electron chi connectivity index (χ3n) is 2.25. The molecule has 88 valence electrons. The van der Waals surface area contributed by atoms with Gasteiger partial charge in [-0.1, -0.05) is 15.9 Å². The highest BCUT2D eigenvalue weighted by molar-refractivity contribution is 9.10. The molecule has 1 heterocycles. The van der Waals surface area contributed by atoms with E-state index >= 15 is 0 Å². The SMILES string of the molecule is O=C(NCCc1cncs1)c1ccc(Br)cc1. The first kappa shape index (κ1) is 12.3. The number of nitrogens with zero attached hydrogens (tertiary/aromatic N) is 1. The standard InChI is InChI=1S/C12H11BrN2OS/c13-10-3-1-9(2-4-10)12(16)15-6-5-11-7-14-8-17-11/h1-4,7-8H,5-6H2,(H,15,16). The van der Waals surface area contributed by atoms with Crippen LogP contribution >= 0.6 is 27.3 Å². The average molecular weight is 311 g/mol. The lowest BCUT2D eigenvalue weighted by atomic mass is 10.2. The van der Waals surface area contributed by atoms with Crippen LogP contribution in [0, 0.1) is 0 Å². The van der Waals surface area contributed by atoms with Crippen molar-refractivity contribution in [2.45, 2.75) is 6.42 Å². The van der Waals surface area contributed by atoms with E-state index in [4.69, 9.17) is 0 Å². The van der Waals surface area contributed by atoms with Gasteiger partial charge in [0.1, 0.15) is 0 Å². The minimum Gasteiger partial charge on any atom is -0.352 e. The van der Waals surface area contributed by atoms with Gasteiger partial charge in [-0.15, -0.1) is 11.3 Å². The van der Waals surface area contributed by atoms with E-state index in [0.29, 0.717) is 12.1 Å². The number of thiazole rings is 1. The van der Waals surface area contributed by atoms with Gasteiger partial charge in [-0.2, -0.15) is 0 Å². The molecule has 0 saturated carbocycles. The quantitative estimate of drug-likeness (QED) is 0.943. The van der Waals surface area contributed by atoms with E-state index in [9.17, 15) is 4.79 Å². The molecule has 0 fully saturated rings. The van der Waals surface area contributed by atoms with Crippen LogP contribution in [-0.4, -0.2) is 17.4 Å². The molecule has 0 saturated heterocycles. The van der Waals surface area contributed by atoms with Crippen molar-refractivity contribution in [3.8, 4) is 0 Å². The Morgan fingerprint density at radius 2 is 2.12 bits per heavy atom. The Morgan fingerprint density at radius 1 is 1.35 bits per heavy atom. The molecule has 2 aromatic rings. The van der Waals surface area contributed by atoms with Crippen molar-refractivity contribution in [3.63, 3.8) is 0 Å². The lowest BCUT2D eigenvalue weighted by Crippen LogP contribution is -2.25. The molecule has 5 heteroatoms. The number of hydrogen-bond acceptors (Lipinski definition) is 3. The van der Waals surface area contributed by atoms with Crippen LogP contribution in [0.1, 0.15) is 15.2 Å². The third kappa shape index (κ3) is 3.64. The maximum atomic E-state index is 11.7. The Balaban J connectivity index is 1.83. The second-order valence-corrected chi connectivity index (χ2v) is 5.37. The summed E-state index contributed by atoms with van der Waals surface area (Å²) in [6, 6.07) is 7.31. The van der Waals surface area contributed by atoms with Crippen LogP contribution in [-0.2, 0) is 6.42 Å². The van der Waals surface area contributed by atoms with Gasteiger partial charge in [0, 0.05) is 34.1 Å². The number of carbonyl (C=O) groups excluding carboxylic acids is 1. The molecule has 17 heavy (non-hydrogen) atoms. The molecule has 0 aliphatic heterocycles. The molecule has 0 atom stereocenters. The number of nitrogens with one attached hydrogen (secondary N) is 1. The monoisotopic (exact) mass is 310 g/mol. The Hall–Kier alpha value is -1.20. The number of aromatic nitrogens is 1. The molecule has 0 aliphatic carbocycles. The van der Waals surface area contributed by atoms with E-state index in [0.717, 1.165) is 10.9 Å². The van der Waals surface area contributed by atoms with Crippen molar-refractivity contribution in [3.05, 3.63) is 50.9 Å². The molecule has 0 radical (unpaired) electrons. The number of amides is 1. The van der Waals surface area contributed by atoms with E-state index in [-0.39, 0.29) is 5.91 Å². The minimum atomic E-state index is -0.0398. The first-order valence-corrected chi connectivity index (χ1v) is 6.84. The van der Waals surface area contributed by atoms with Gasteiger partial charge in [-0.3, -0.25) is 9.78 Å².